The monoisotopic (exact) mass is 421 g/mol. The maximum Gasteiger partial charge on any atom is 0.272 e. The third-order valence-electron chi connectivity index (χ3n) is 4.77. The summed E-state index contributed by atoms with van der Waals surface area (Å²) in [6.07, 6.45) is 0. The summed E-state index contributed by atoms with van der Waals surface area (Å²) in [5.41, 5.74) is 2.91. The van der Waals surface area contributed by atoms with E-state index >= 15 is 0 Å². The van der Waals surface area contributed by atoms with Gasteiger partial charge in [-0.15, -0.1) is 11.8 Å². The van der Waals surface area contributed by atoms with Crippen LogP contribution < -0.4 is 4.90 Å². The number of benzene rings is 3. The third-order valence-corrected chi connectivity index (χ3v) is 5.91. The predicted octanol–water partition coefficient (Wildman–Crippen LogP) is 5.49. The molecule has 0 spiro atoms. The molecule has 6 heteroatoms. The topological polar surface area (TPSA) is 37.4 Å². The van der Waals surface area contributed by atoms with Crippen LogP contribution >= 0.6 is 11.8 Å². The number of anilines is 1. The number of amides is 2. The molecule has 4 rings (SSSR count). The van der Waals surface area contributed by atoms with Crippen molar-refractivity contribution in [3.8, 4) is 0 Å². The molecule has 0 fully saturated rings. The van der Waals surface area contributed by atoms with Gasteiger partial charge in [-0.25, -0.2) is 13.7 Å². The van der Waals surface area contributed by atoms with Gasteiger partial charge < -0.3 is 0 Å². The number of imide groups is 1. The fourth-order valence-corrected chi connectivity index (χ4v) is 4.27. The van der Waals surface area contributed by atoms with Crippen LogP contribution in [0.15, 0.2) is 77.7 Å². The van der Waals surface area contributed by atoms with E-state index in [1.165, 1.54) is 17.8 Å². The molecule has 3 aromatic carbocycles. The van der Waals surface area contributed by atoms with Crippen molar-refractivity contribution in [2.45, 2.75) is 12.7 Å². The first-order valence-electron chi connectivity index (χ1n) is 9.27. The van der Waals surface area contributed by atoms with Crippen LogP contribution in [0.25, 0.3) is 5.57 Å². The molecule has 3 nitrogen and oxygen atoms in total. The highest BCUT2D eigenvalue weighted by molar-refractivity contribution is 8.03. The van der Waals surface area contributed by atoms with Crippen molar-refractivity contribution >= 4 is 34.8 Å². The number of hydrogen-bond acceptors (Lipinski definition) is 3. The largest absolute Gasteiger partial charge is 0.272 e. The average molecular weight is 421 g/mol. The molecule has 1 aliphatic heterocycles. The lowest BCUT2D eigenvalue weighted by atomic mass is 10.0. The van der Waals surface area contributed by atoms with Gasteiger partial charge in [-0.1, -0.05) is 60.2 Å². The fraction of sp³-hybridized carbons (Fsp3) is 0.0833. The summed E-state index contributed by atoms with van der Waals surface area (Å²) in [4.78, 5) is 27.6. The second kappa shape index (κ2) is 8.24. The Balaban J connectivity index is 1.75. The highest BCUT2D eigenvalue weighted by atomic mass is 32.2. The molecule has 0 aliphatic carbocycles. The molecule has 30 heavy (non-hydrogen) atoms. The Kier molecular flexibility index (Phi) is 5.50. The lowest BCUT2D eigenvalue weighted by Gasteiger charge is -2.15. The molecule has 0 atom stereocenters. The van der Waals surface area contributed by atoms with Gasteiger partial charge in [0.2, 0.25) is 0 Å². The van der Waals surface area contributed by atoms with Crippen LogP contribution in [-0.2, 0) is 15.3 Å². The van der Waals surface area contributed by atoms with E-state index in [4.69, 9.17) is 0 Å². The third kappa shape index (κ3) is 3.78. The van der Waals surface area contributed by atoms with E-state index in [0.717, 1.165) is 28.2 Å². The number of aryl methyl sites for hydroxylation is 1. The van der Waals surface area contributed by atoms with Crippen molar-refractivity contribution in [2.75, 3.05) is 4.90 Å². The van der Waals surface area contributed by atoms with Crippen molar-refractivity contribution < 1.29 is 18.4 Å². The standard InChI is InChI=1S/C24H17F2NO2S/c1-15-7-9-17(10-8-15)21-22(30-14-16-5-3-2-4-6-16)24(29)27(23(21)28)18-11-12-19(25)20(26)13-18/h2-13H,14H2,1H3. The molecule has 0 N–H and O–H groups in total. The summed E-state index contributed by atoms with van der Waals surface area (Å²) >= 11 is 1.26. The van der Waals surface area contributed by atoms with Gasteiger partial charge in [-0.05, 0) is 30.2 Å². The van der Waals surface area contributed by atoms with Crippen molar-refractivity contribution in [3.05, 3.63) is 106 Å². The second-order valence-corrected chi connectivity index (χ2v) is 7.87. The van der Waals surface area contributed by atoms with Crippen LogP contribution in [0.3, 0.4) is 0 Å². The average Bonchev–Trinajstić information content (AvgIpc) is 2.99. The van der Waals surface area contributed by atoms with Crippen LogP contribution in [-0.4, -0.2) is 11.8 Å². The van der Waals surface area contributed by atoms with Gasteiger partial charge in [0.15, 0.2) is 11.6 Å². The number of halogens is 2. The minimum atomic E-state index is -1.12. The zero-order valence-electron chi connectivity index (χ0n) is 16.1. The molecule has 1 heterocycles. The maximum absolute atomic E-state index is 13.8. The zero-order chi connectivity index (χ0) is 21.3. The van der Waals surface area contributed by atoms with Gasteiger partial charge in [0, 0.05) is 11.8 Å². The van der Waals surface area contributed by atoms with Crippen LogP contribution in [0.5, 0.6) is 0 Å². The zero-order valence-corrected chi connectivity index (χ0v) is 16.9. The molecule has 0 saturated carbocycles. The van der Waals surface area contributed by atoms with E-state index in [0.29, 0.717) is 11.3 Å². The SMILES string of the molecule is Cc1ccc(C2=C(SCc3ccccc3)C(=O)N(c3ccc(F)c(F)c3)C2=O)cc1. The van der Waals surface area contributed by atoms with Gasteiger partial charge in [-0.2, -0.15) is 0 Å². The van der Waals surface area contributed by atoms with E-state index in [1.807, 2.05) is 49.4 Å². The number of carbonyl (C=O) groups is 2. The first-order chi connectivity index (χ1) is 14.5. The summed E-state index contributed by atoms with van der Waals surface area (Å²) in [7, 11) is 0. The molecule has 3 aromatic rings. The molecule has 2 amide bonds. The Morgan fingerprint density at radius 1 is 0.833 bits per heavy atom. The quantitative estimate of drug-likeness (QED) is 0.511. The number of thioether (sulfide) groups is 1. The Morgan fingerprint density at radius 2 is 1.53 bits per heavy atom. The van der Waals surface area contributed by atoms with Gasteiger partial charge in [0.25, 0.3) is 11.8 Å². The first kappa shape index (κ1) is 20.0. The normalized spacial score (nSPS) is 14.0. The smallest absolute Gasteiger partial charge is 0.268 e. The van der Waals surface area contributed by atoms with E-state index < -0.39 is 23.4 Å². The lowest BCUT2D eigenvalue weighted by Crippen LogP contribution is -2.31. The highest BCUT2D eigenvalue weighted by Gasteiger charge is 2.40. The minimum absolute atomic E-state index is 0.00354. The van der Waals surface area contributed by atoms with E-state index in [1.54, 1.807) is 12.1 Å². The lowest BCUT2D eigenvalue weighted by molar-refractivity contribution is -0.119. The van der Waals surface area contributed by atoms with E-state index in [2.05, 4.69) is 0 Å². The Labute approximate surface area is 177 Å². The molecular formula is C24H17F2NO2S. The summed E-state index contributed by atoms with van der Waals surface area (Å²) in [5.74, 6) is -2.75. The minimum Gasteiger partial charge on any atom is -0.268 e. The predicted molar refractivity (Wildman–Crippen MR) is 115 cm³/mol. The Hall–Kier alpha value is -3.25. The van der Waals surface area contributed by atoms with Crippen LogP contribution in [0.4, 0.5) is 14.5 Å². The number of nitrogens with zero attached hydrogens (tertiary/aromatic N) is 1. The number of carbonyl (C=O) groups excluding carboxylic acids is 2. The van der Waals surface area contributed by atoms with Crippen molar-refractivity contribution in [3.63, 3.8) is 0 Å². The highest BCUT2D eigenvalue weighted by Crippen LogP contribution is 2.39. The molecular weight excluding hydrogens is 404 g/mol. The van der Waals surface area contributed by atoms with Gasteiger partial charge in [0.05, 0.1) is 16.2 Å². The summed E-state index contributed by atoms with van der Waals surface area (Å²) in [6.45, 7) is 1.93. The first-order valence-corrected chi connectivity index (χ1v) is 10.3. The van der Waals surface area contributed by atoms with Crippen molar-refractivity contribution in [1.29, 1.82) is 0 Å². The Morgan fingerprint density at radius 3 is 2.20 bits per heavy atom. The number of rotatable bonds is 5. The van der Waals surface area contributed by atoms with Crippen molar-refractivity contribution in [2.24, 2.45) is 0 Å². The van der Waals surface area contributed by atoms with Gasteiger partial charge in [0.1, 0.15) is 0 Å². The molecule has 0 radical (unpaired) electrons. The van der Waals surface area contributed by atoms with E-state index in [-0.39, 0.29) is 16.2 Å². The summed E-state index contributed by atoms with van der Waals surface area (Å²) < 4.78 is 27.1. The molecule has 0 bridgehead atoms. The van der Waals surface area contributed by atoms with Crippen molar-refractivity contribution in [1.82, 2.24) is 0 Å². The van der Waals surface area contributed by atoms with Crippen LogP contribution in [0, 0.1) is 18.6 Å². The van der Waals surface area contributed by atoms with E-state index in [9.17, 15) is 18.4 Å². The molecule has 0 aromatic heterocycles. The fourth-order valence-electron chi connectivity index (χ4n) is 3.21. The van der Waals surface area contributed by atoms with Gasteiger partial charge >= 0.3 is 0 Å². The molecule has 1 aliphatic rings. The second-order valence-electron chi connectivity index (χ2n) is 6.89. The summed E-state index contributed by atoms with van der Waals surface area (Å²) in [6, 6.07) is 19.9. The molecule has 0 saturated heterocycles. The number of hydrogen-bond donors (Lipinski definition) is 0. The van der Waals surface area contributed by atoms with Crippen LogP contribution in [0.1, 0.15) is 16.7 Å². The molecule has 0 unspecified atom stereocenters. The Bertz CT molecular complexity index is 1160. The summed E-state index contributed by atoms with van der Waals surface area (Å²) in [5, 5.41) is 0. The van der Waals surface area contributed by atoms with Crippen LogP contribution in [0.2, 0.25) is 0 Å². The molecule has 150 valence electrons. The maximum atomic E-state index is 13.8. The van der Waals surface area contributed by atoms with Gasteiger partial charge in [-0.3, -0.25) is 9.59 Å².